The summed E-state index contributed by atoms with van der Waals surface area (Å²) in [5.74, 6) is -5.62. The van der Waals surface area contributed by atoms with E-state index in [-0.39, 0.29) is 56.0 Å². The van der Waals surface area contributed by atoms with E-state index in [2.05, 4.69) is 37.1 Å². The Bertz CT molecular complexity index is 3190. The largest absolute Gasteiger partial charge is 0.435 e. The van der Waals surface area contributed by atoms with Gasteiger partial charge in [-0.05, 0) is 93.7 Å². The number of sulfone groups is 1. The van der Waals surface area contributed by atoms with E-state index >= 15 is 8.78 Å². The molecule has 0 aliphatic heterocycles. The highest BCUT2D eigenvalue weighted by Gasteiger charge is 2.57. The number of anilines is 1. The molecule has 3 aromatic heterocycles. The van der Waals surface area contributed by atoms with E-state index in [0.717, 1.165) is 26.0 Å². The van der Waals surface area contributed by atoms with Crippen molar-refractivity contribution in [3.63, 3.8) is 0 Å². The van der Waals surface area contributed by atoms with Crippen LogP contribution in [-0.4, -0.2) is 68.7 Å². The molecule has 3 aliphatic rings. The highest BCUT2D eigenvalue weighted by Crippen LogP contribution is 2.55. The zero-order chi connectivity index (χ0) is 50.6. The van der Waals surface area contributed by atoms with Crippen LogP contribution in [0.3, 0.4) is 0 Å². The number of halogens is 11. The Morgan fingerprint density at radius 1 is 0.899 bits per heavy atom. The number of pyridine rings is 1. The normalized spacial score (nSPS) is 19.0. The molecule has 1 amide bonds. The second kappa shape index (κ2) is 17.2. The van der Waals surface area contributed by atoms with Crippen LogP contribution in [0.1, 0.15) is 99.2 Å². The fraction of sp³-hybridized carbons (Fsp3) is 0.455. The summed E-state index contributed by atoms with van der Waals surface area (Å²) in [7, 11) is -8.00. The lowest BCUT2D eigenvalue weighted by Crippen LogP contribution is -2.35. The van der Waals surface area contributed by atoms with Gasteiger partial charge in [-0.1, -0.05) is 37.4 Å². The third kappa shape index (κ3) is 9.74. The Morgan fingerprint density at radius 3 is 2.12 bits per heavy atom. The van der Waals surface area contributed by atoms with E-state index in [0.29, 0.717) is 23.6 Å². The molecule has 69 heavy (non-hydrogen) atoms. The maximum absolute atomic E-state index is 15.8. The van der Waals surface area contributed by atoms with E-state index in [1.165, 1.54) is 38.1 Å². The van der Waals surface area contributed by atoms with Gasteiger partial charge in [0.15, 0.2) is 21.3 Å². The molecule has 0 spiro atoms. The first-order valence-electron chi connectivity index (χ1n) is 21.3. The summed E-state index contributed by atoms with van der Waals surface area (Å²) in [6.07, 6.45) is -9.51. The van der Waals surface area contributed by atoms with Crippen molar-refractivity contribution in [2.24, 2.45) is 5.92 Å². The van der Waals surface area contributed by atoms with Crippen molar-refractivity contribution in [2.45, 2.75) is 118 Å². The van der Waals surface area contributed by atoms with Gasteiger partial charge in [-0.25, -0.2) is 30.6 Å². The lowest BCUT2D eigenvalue weighted by Gasteiger charge is -2.24. The number of nitrogens with one attached hydrogen (secondary N) is 2. The van der Waals surface area contributed by atoms with E-state index < -0.39 is 137 Å². The lowest BCUT2D eigenvalue weighted by molar-refractivity contribution is -0.143. The van der Waals surface area contributed by atoms with E-state index in [4.69, 9.17) is 11.6 Å². The van der Waals surface area contributed by atoms with Crippen molar-refractivity contribution >= 4 is 54.1 Å². The molecule has 2 saturated carbocycles. The molecular weight excluding hydrogens is 996 g/mol. The quantitative estimate of drug-likeness (QED) is 0.0873. The van der Waals surface area contributed by atoms with Crippen LogP contribution in [0.5, 0.6) is 0 Å². The predicted octanol–water partition coefficient (Wildman–Crippen LogP) is 9.36. The first kappa shape index (κ1) is 50.0. The Balaban J connectivity index is 1.33. The van der Waals surface area contributed by atoms with Crippen molar-refractivity contribution in [1.82, 2.24) is 29.9 Å². The summed E-state index contributed by atoms with van der Waals surface area (Å²) < 4.78 is 201. The van der Waals surface area contributed by atoms with Crippen LogP contribution in [0.25, 0.3) is 22.0 Å². The Labute approximate surface area is 393 Å². The molecule has 2 aromatic carbocycles. The number of benzene rings is 2. The molecule has 2 N–H and O–H groups in total. The van der Waals surface area contributed by atoms with Crippen LogP contribution in [0.4, 0.5) is 49.7 Å². The highest BCUT2D eigenvalue weighted by atomic mass is 35.5. The molecule has 8 rings (SSSR count). The zero-order valence-electron chi connectivity index (χ0n) is 36.6. The number of fused-ring (bicyclic) bond motifs is 2. The van der Waals surface area contributed by atoms with Gasteiger partial charge in [0.25, 0.3) is 5.92 Å². The average Bonchev–Trinajstić information content (AvgIpc) is 4.16. The predicted molar refractivity (Wildman–Crippen MR) is 232 cm³/mol. The van der Waals surface area contributed by atoms with Crippen molar-refractivity contribution in [3.8, 4) is 23.0 Å². The SMILES string of the molecule is C[C@@H]1c2c(C(F)(F)F)nn(CC(=O)N[C@@H](Cc3cc(F)cc(F)c3)c3nc(C#CC(C)(C)S(=O)(=O)C4CC4)ccc3-c3ccc(Cl)c4c(NS(=O)(=O)C5CC5)nn(CC(F)(F)F)c34)c2C(F)(F)[C@@H]1C. The number of hydrogen-bond donors (Lipinski definition) is 2. The second-order valence-corrected chi connectivity index (χ2v) is 23.1. The summed E-state index contributed by atoms with van der Waals surface area (Å²) in [5, 5.41) is 7.77. The van der Waals surface area contributed by atoms with Crippen molar-refractivity contribution < 1.29 is 65.5 Å². The minimum atomic E-state index is -5.23. The number of rotatable bonds is 13. The van der Waals surface area contributed by atoms with Crippen molar-refractivity contribution in [2.75, 3.05) is 4.72 Å². The standard InChI is InChI=1S/C44H40ClF10N7O5S2/c1-21-22(2)43(51,52)39-34(21)38(44(53,54)55)58-61(39)19-33(63)57-32(17-23-15-24(46)18-25(47)16-23)36-29(10-5-26(56-36)13-14-41(3,4)68(64,65)27-6-7-27)30-11-12-31(45)35-37(30)62(20-42(48,49)50)59-40(35)60-69(66,67)28-8-9-28/h5,10-12,15-16,18,21-22,27-28,32H,6-9,17,19-20H2,1-4H3,(H,57,63)(H,59,60)/t21-,22+,32-/m0/s1. The van der Waals surface area contributed by atoms with Crippen LogP contribution in [0.2, 0.25) is 5.02 Å². The number of hydrogen-bond acceptors (Lipinski definition) is 8. The smallest absolute Gasteiger partial charge is 0.346 e. The number of carbonyl (C=O) groups excluding carboxylic acids is 1. The highest BCUT2D eigenvalue weighted by molar-refractivity contribution is 7.94. The number of amides is 1. The molecule has 0 saturated heterocycles. The Kier molecular flexibility index (Phi) is 12.4. The van der Waals surface area contributed by atoms with Gasteiger partial charge in [-0.15, -0.1) is 0 Å². The molecule has 3 atom stereocenters. The Hall–Kier alpha value is -5.41. The third-order valence-corrected chi connectivity index (χ3v) is 17.4. The summed E-state index contributed by atoms with van der Waals surface area (Å²) in [6, 6.07) is 5.43. The molecule has 25 heteroatoms. The fourth-order valence-corrected chi connectivity index (χ4v) is 11.8. The molecule has 12 nitrogen and oxygen atoms in total. The van der Waals surface area contributed by atoms with Gasteiger partial charge in [0.2, 0.25) is 15.9 Å². The first-order valence-corrected chi connectivity index (χ1v) is 24.7. The number of sulfonamides is 1. The summed E-state index contributed by atoms with van der Waals surface area (Å²) in [4.78, 5) is 18.8. The number of aromatic nitrogens is 5. The van der Waals surface area contributed by atoms with E-state index in [1.807, 2.05) is 0 Å². The second-order valence-electron chi connectivity index (χ2n) is 18.0. The topological polar surface area (TPSA) is 158 Å². The Morgan fingerprint density at radius 2 is 1.52 bits per heavy atom. The van der Waals surface area contributed by atoms with Crippen LogP contribution in [0.15, 0.2) is 42.5 Å². The summed E-state index contributed by atoms with van der Waals surface area (Å²) in [5.41, 5.74) is -5.19. The van der Waals surface area contributed by atoms with E-state index in [9.17, 15) is 56.8 Å². The molecular formula is C44H40ClF10N7O5S2. The number of nitrogens with zero attached hydrogens (tertiary/aromatic N) is 5. The molecule has 5 aromatic rings. The minimum Gasteiger partial charge on any atom is -0.346 e. The van der Waals surface area contributed by atoms with E-state index in [1.54, 1.807) is 0 Å². The van der Waals surface area contributed by atoms with Gasteiger partial charge in [0.1, 0.15) is 40.9 Å². The summed E-state index contributed by atoms with van der Waals surface area (Å²) in [6.45, 7) is 1.81. The minimum absolute atomic E-state index is 0.178. The molecule has 370 valence electrons. The maximum Gasteiger partial charge on any atom is 0.435 e. The first-order chi connectivity index (χ1) is 31.9. The number of alkyl halides is 8. The lowest BCUT2D eigenvalue weighted by atomic mass is 9.93. The van der Waals surface area contributed by atoms with Gasteiger partial charge in [-0.3, -0.25) is 18.9 Å². The molecule has 0 radical (unpaired) electrons. The van der Waals surface area contributed by atoms with Crippen molar-refractivity contribution in [3.05, 3.63) is 93.0 Å². The zero-order valence-corrected chi connectivity index (χ0v) is 39.0. The molecule has 3 heterocycles. The van der Waals surface area contributed by atoms with Gasteiger partial charge in [0.05, 0.1) is 38.2 Å². The molecule has 3 aliphatic carbocycles. The monoisotopic (exact) mass is 1040 g/mol. The third-order valence-electron chi connectivity index (χ3n) is 12.4. The van der Waals surface area contributed by atoms with Gasteiger partial charge in [-0.2, -0.15) is 45.3 Å². The van der Waals surface area contributed by atoms with Crippen LogP contribution in [0, 0.1) is 29.4 Å². The van der Waals surface area contributed by atoms with Gasteiger partial charge < -0.3 is 5.32 Å². The number of carbonyl (C=O) groups is 1. The summed E-state index contributed by atoms with van der Waals surface area (Å²) >= 11 is 6.58. The molecule has 0 bridgehead atoms. The van der Waals surface area contributed by atoms with Gasteiger partial charge in [0, 0.05) is 28.7 Å². The molecule has 0 unspecified atom stereocenters. The average molecular weight is 1040 g/mol. The van der Waals surface area contributed by atoms with Crippen LogP contribution in [-0.2, 0) is 56.3 Å². The van der Waals surface area contributed by atoms with Crippen LogP contribution >= 0.6 is 11.6 Å². The van der Waals surface area contributed by atoms with Gasteiger partial charge >= 0.3 is 12.4 Å². The van der Waals surface area contributed by atoms with Crippen molar-refractivity contribution in [1.29, 1.82) is 0 Å². The maximum atomic E-state index is 15.8. The molecule has 2 fully saturated rings. The fourth-order valence-electron chi connectivity index (χ4n) is 8.49. The van der Waals surface area contributed by atoms with Crippen LogP contribution < -0.4 is 10.0 Å².